The quantitative estimate of drug-likeness (QED) is 0.906. The van der Waals surface area contributed by atoms with Gasteiger partial charge in [-0.05, 0) is 30.0 Å². The Bertz CT molecular complexity index is 427. The maximum atomic E-state index is 6.36. The van der Waals surface area contributed by atoms with E-state index in [1.54, 1.807) is 0 Å². The Labute approximate surface area is 115 Å². The standard InChI is InChI=1S/C16H23NO2/c17-14(10-12-4-2-1-3-5-12)13-6-7-15-16(11-13)19-9-8-18-15/h6-7,11-12,14H,1-5,8-10,17H2. The van der Waals surface area contributed by atoms with Gasteiger partial charge in [-0.1, -0.05) is 38.2 Å². The lowest BCUT2D eigenvalue weighted by Gasteiger charge is -2.25. The van der Waals surface area contributed by atoms with Crippen LogP contribution in [-0.2, 0) is 0 Å². The van der Waals surface area contributed by atoms with Gasteiger partial charge in [0.2, 0.25) is 0 Å². The van der Waals surface area contributed by atoms with E-state index >= 15 is 0 Å². The van der Waals surface area contributed by atoms with Crippen LogP contribution in [0.2, 0.25) is 0 Å². The fourth-order valence-electron chi connectivity index (χ4n) is 3.21. The molecule has 0 amide bonds. The molecule has 0 bridgehead atoms. The molecule has 1 unspecified atom stereocenters. The maximum Gasteiger partial charge on any atom is 0.161 e. The molecule has 1 aliphatic heterocycles. The zero-order valence-corrected chi connectivity index (χ0v) is 11.4. The summed E-state index contributed by atoms with van der Waals surface area (Å²) in [4.78, 5) is 0. The Morgan fingerprint density at radius 1 is 1.05 bits per heavy atom. The summed E-state index contributed by atoms with van der Waals surface area (Å²) in [6.07, 6.45) is 7.93. The summed E-state index contributed by atoms with van der Waals surface area (Å²) in [5.74, 6) is 2.50. The molecule has 1 heterocycles. The van der Waals surface area contributed by atoms with Crippen LogP contribution in [0.15, 0.2) is 18.2 Å². The summed E-state index contributed by atoms with van der Waals surface area (Å²) in [7, 11) is 0. The molecule has 1 aliphatic carbocycles. The first-order valence-electron chi connectivity index (χ1n) is 7.48. The summed E-state index contributed by atoms with van der Waals surface area (Å²) >= 11 is 0. The van der Waals surface area contributed by atoms with Crippen LogP contribution in [-0.4, -0.2) is 13.2 Å². The van der Waals surface area contributed by atoms with Gasteiger partial charge in [0.15, 0.2) is 11.5 Å². The Morgan fingerprint density at radius 2 is 1.79 bits per heavy atom. The number of benzene rings is 1. The van der Waals surface area contributed by atoms with Crippen molar-refractivity contribution >= 4 is 0 Å². The van der Waals surface area contributed by atoms with Crippen molar-refractivity contribution in [1.29, 1.82) is 0 Å². The number of fused-ring (bicyclic) bond motifs is 1. The van der Waals surface area contributed by atoms with E-state index < -0.39 is 0 Å². The lowest BCUT2D eigenvalue weighted by molar-refractivity contribution is 0.171. The fourth-order valence-corrected chi connectivity index (χ4v) is 3.21. The molecule has 2 N–H and O–H groups in total. The lowest BCUT2D eigenvalue weighted by Crippen LogP contribution is -2.19. The van der Waals surface area contributed by atoms with Gasteiger partial charge in [0.25, 0.3) is 0 Å². The van der Waals surface area contributed by atoms with Crippen LogP contribution in [0.25, 0.3) is 0 Å². The van der Waals surface area contributed by atoms with E-state index in [-0.39, 0.29) is 6.04 Å². The van der Waals surface area contributed by atoms with E-state index in [4.69, 9.17) is 15.2 Å². The monoisotopic (exact) mass is 261 g/mol. The van der Waals surface area contributed by atoms with E-state index in [1.165, 1.54) is 37.7 Å². The van der Waals surface area contributed by atoms with Gasteiger partial charge in [0.05, 0.1) is 0 Å². The third-order valence-corrected chi connectivity index (χ3v) is 4.31. The first-order chi connectivity index (χ1) is 9.33. The molecule has 0 spiro atoms. The van der Waals surface area contributed by atoms with Crippen molar-refractivity contribution in [2.24, 2.45) is 11.7 Å². The van der Waals surface area contributed by atoms with Crippen LogP contribution in [0.5, 0.6) is 11.5 Å². The van der Waals surface area contributed by atoms with E-state index in [0.717, 1.165) is 23.8 Å². The van der Waals surface area contributed by atoms with Crippen LogP contribution in [0, 0.1) is 5.92 Å². The van der Waals surface area contributed by atoms with Crippen LogP contribution >= 0.6 is 0 Å². The number of hydrogen-bond donors (Lipinski definition) is 1. The summed E-state index contributed by atoms with van der Waals surface area (Å²) in [6.45, 7) is 1.27. The van der Waals surface area contributed by atoms with Crippen molar-refractivity contribution < 1.29 is 9.47 Å². The zero-order chi connectivity index (χ0) is 13.1. The minimum atomic E-state index is 0.124. The third kappa shape index (κ3) is 3.03. The summed E-state index contributed by atoms with van der Waals surface area (Å²) in [5, 5.41) is 0. The normalized spacial score (nSPS) is 21.1. The molecule has 1 atom stereocenters. The van der Waals surface area contributed by atoms with Crippen LogP contribution in [0.1, 0.15) is 50.1 Å². The van der Waals surface area contributed by atoms with Gasteiger partial charge in [-0.3, -0.25) is 0 Å². The van der Waals surface area contributed by atoms with E-state index in [9.17, 15) is 0 Å². The maximum absolute atomic E-state index is 6.36. The average Bonchev–Trinajstić information content (AvgIpc) is 2.48. The summed E-state index contributed by atoms with van der Waals surface area (Å²) < 4.78 is 11.2. The highest BCUT2D eigenvalue weighted by molar-refractivity contribution is 5.44. The molecule has 104 valence electrons. The number of rotatable bonds is 3. The van der Waals surface area contributed by atoms with Crippen molar-refractivity contribution in [2.45, 2.75) is 44.6 Å². The van der Waals surface area contributed by atoms with Crippen molar-refractivity contribution in [1.82, 2.24) is 0 Å². The van der Waals surface area contributed by atoms with E-state index in [1.807, 2.05) is 6.07 Å². The van der Waals surface area contributed by atoms with Crippen molar-refractivity contribution in [3.8, 4) is 11.5 Å². The molecular weight excluding hydrogens is 238 g/mol. The van der Waals surface area contributed by atoms with Crippen LogP contribution < -0.4 is 15.2 Å². The largest absolute Gasteiger partial charge is 0.486 e. The minimum Gasteiger partial charge on any atom is -0.486 e. The van der Waals surface area contributed by atoms with Gasteiger partial charge >= 0.3 is 0 Å². The molecular formula is C16H23NO2. The van der Waals surface area contributed by atoms with Crippen molar-refractivity contribution in [2.75, 3.05) is 13.2 Å². The minimum absolute atomic E-state index is 0.124. The Kier molecular flexibility index (Phi) is 3.92. The highest BCUT2D eigenvalue weighted by Crippen LogP contribution is 2.35. The number of ether oxygens (including phenoxy) is 2. The molecule has 0 aromatic heterocycles. The second kappa shape index (κ2) is 5.83. The third-order valence-electron chi connectivity index (χ3n) is 4.31. The smallest absolute Gasteiger partial charge is 0.161 e. The van der Waals surface area contributed by atoms with Gasteiger partial charge in [0, 0.05) is 6.04 Å². The second-order valence-electron chi connectivity index (χ2n) is 5.75. The molecule has 19 heavy (non-hydrogen) atoms. The highest BCUT2D eigenvalue weighted by atomic mass is 16.6. The predicted octanol–water partition coefficient (Wildman–Crippen LogP) is 3.43. The predicted molar refractivity (Wildman–Crippen MR) is 75.6 cm³/mol. The van der Waals surface area contributed by atoms with Gasteiger partial charge in [-0.25, -0.2) is 0 Å². The van der Waals surface area contributed by atoms with Gasteiger partial charge in [0.1, 0.15) is 13.2 Å². The van der Waals surface area contributed by atoms with Gasteiger partial charge in [-0.2, -0.15) is 0 Å². The summed E-state index contributed by atoms with van der Waals surface area (Å²) in [5.41, 5.74) is 7.54. The number of hydrogen-bond acceptors (Lipinski definition) is 3. The molecule has 1 saturated carbocycles. The van der Waals surface area contributed by atoms with E-state index in [0.29, 0.717) is 13.2 Å². The van der Waals surface area contributed by atoms with E-state index in [2.05, 4.69) is 12.1 Å². The molecule has 3 rings (SSSR count). The van der Waals surface area contributed by atoms with Gasteiger partial charge < -0.3 is 15.2 Å². The highest BCUT2D eigenvalue weighted by Gasteiger charge is 2.19. The average molecular weight is 261 g/mol. The van der Waals surface area contributed by atoms with Gasteiger partial charge in [-0.15, -0.1) is 0 Å². The molecule has 3 nitrogen and oxygen atoms in total. The first kappa shape index (κ1) is 12.8. The molecule has 1 aromatic carbocycles. The first-order valence-corrected chi connectivity index (χ1v) is 7.48. The zero-order valence-electron chi connectivity index (χ0n) is 11.4. The molecule has 1 fully saturated rings. The molecule has 2 aliphatic rings. The second-order valence-corrected chi connectivity index (χ2v) is 5.75. The topological polar surface area (TPSA) is 44.5 Å². The molecule has 0 radical (unpaired) electrons. The lowest BCUT2D eigenvalue weighted by atomic mass is 9.83. The van der Waals surface area contributed by atoms with Crippen LogP contribution in [0.4, 0.5) is 0 Å². The SMILES string of the molecule is NC(CC1CCCCC1)c1ccc2c(c1)OCCO2. The Hall–Kier alpha value is -1.22. The molecule has 3 heteroatoms. The molecule has 0 saturated heterocycles. The fraction of sp³-hybridized carbons (Fsp3) is 0.625. The number of nitrogens with two attached hydrogens (primary N) is 1. The van der Waals surface area contributed by atoms with Crippen LogP contribution in [0.3, 0.4) is 0 Å². The Balaban J connectivity index is 1.67. The summed E-state index contributed by atoms with van der Waals surface area (Å²) in [6, 6.07) is 6.26. The molecule has 1 aromatic rings. The Morgan fingerprint density at radius 3 is 2.58 bits per heavy atom. The van der Waals surface area contributed by atoms with Crippen molar-refractivity contribution in [3.05, 3.63) is 23.8 Å². The van der Waals surface area contributed by atoms with Crippen molar-refractivity contribution in [3.63, 3.8) is 0 Å².